The highest BCUT2D eigenvalue weighted by atomic mass is 35.5. The maximum Gasteiger partial charge on any atom is 0.253 e. The second kappa shape index (κ2) is 9.52. The van der Waals surface area contributed by atoms with Crippen molar-refractivity contribution in [1.82, 2.24) is 4.31 Å². The third-order valence-corrected chi connectivity index (χ3v) is 5.87. The number of nitrogens with zero attached hydrogens (tertiary/aromatic N) is 1. The summed E-state index contributed by atoms with van der Waals surface area (Å²) >= 11 is 0. The van der Waals surface area contributed by atoms with Gasteiger partial charge in [-0.1, -0.05) is 0 Å². The number of hydrogen-bond acceptors (Lipinski definition) is 6. The van der Waals surface area contributed by atoms with Gasteiger partial charge in [0, 0.05) is 27.2 Å². The van der Waals surface area contributed by atoms with Gasteiger partial charge in [0.05, 0.1) is 22.4 Å². The van der Waals surface area contributed by atoms with Crippen molar-refractivity contribution in [3.63, 3.8) is 0 Å². The predicted molar refractivity (Wildman–Crippen MR) is 104 cm³/mol. The summed E-state index contributed by atoms with van der Waals surface area (Å²) in [7, 11) is -0.665. The van der Waals surface area contributed by atoms with Gasteiger partial charge in [0.25, 0.3) is 5.91 Å². The van der Waals surface area contributed by atoms with E-state index in [0.29, 0.717) is 30.9 Å². The van der Waals surface area contributed by atoms with Crippen LogP contribution in [0.4, 0.5) is 11.4 Å². The molecule has 0 aromatic heterocycles. The molecule has 1 fully saturated rings. The number of nitrogens with two attached hydrogens (primary N) is 1. The molecule has 0 unspecified atom stereocenters. The summed E-state index contributed by atoms with van der Waals surface area (Å²) in [5.74, 6) is -0.297. The molecule has 1 amide bonds. The fraction of sp³-hybridized carbons (Fsp3) is 0.562. The van der Waals surface area contributed by atoms with E-state index >= 15 is 0 Å². The van der Waals surface area contributed by atoms with E-state index in [-0.39, 0.29) is 29.3 Å². The molecular weight excluding hydrogens is 380 g/mol. The fourth-order valence-corrected chi connectivity index (χ4v) is 3.56. The largest absolute Gasteiger partial charge is 0.384 e. The smallest absolute Gasteiger partial charge is 0.253 e. The lowest BCUT2D eigenvalue weighted by atomic mass is 10.2. The lowest BCUT2D eigenvalue weighted by Crippen LogP contribution is -2.30. The van der Waals surface area contributed by atoms with Crippen LogP contribution >= 0.6 is 12.4 Å². The molecular formula is C16H27ClN4O4S. The Hall–Kier alpha value is -1.39. The van der Waals surface area contributed by atoms with Gasteiger partial charge in [0.2, 0.25) is 10.0 Å². The number of ether oxygens (including phenoxy) is 1. The normalized spacial score (nSPS) is 19.9. The predicted octanol–water partition coefficient (Wildman–Crippen LogP) is 1.24. The molecule has 148 valence electrons. The van der Waals surface area contributed by atoms with Gasteiger partial charge in [0.15, 0.2) is 0 Å². The van der Waals surface area contributed by atoms with E-state index in [2.05, 4.69) is 10.6 Å². The maximum atomic E-state index is 12.5. The molecule has 1 aromatic rings. The Morgan fingerprint density at radius 1 is 1.31 bits per heavy atom. The molecule has 8 nitrogen and oxygen atoms in total. The third-order valence-electron chi connectivity index (χ3n) is 4.06. The van der Waals surface area contributed by atoms with Crippen molar-refractivity contribution in [3.8, 4) is 0 Å². The Morgan fingerprint density at radius 2 is 2.00 bits per heavy atom. The number of nitrogens with one attached hydrogen (secondary N) is 2. The van der Waals surface area contributed by atoms with Crippen molar-refractivity contribution < 1.29 is 17.9 Å². The van der Waals surface area contributed by atoms with Crippen LogP contribution in [0.1, 0.15) is 19.8 Å². The van der Waals surface area contributed by atoms with E-state index in [0.717, 1.165) is 10.7 Å². The van der Waals surface area contributed by atoms with Gasteiger partial charge in [-0.05, 0) is 38.0 Å². The Bertz CT molecular complexity index is 727. The number of anilines is 2. The number of amides is 1. The maximum absolute atomic E-state index is 12.5. The number of sulfonamides is 1. The Morgan fingerprint density at radius 3 is 2.54 bits per heavy atom. The average molecular weight is 407 g/mol. The van der Waals surface area contributed by atoms with Crippen molar-refractivity contribution in [2.75, 3.05) is 37.8 Å². The second-order valence-electron chi connectivity index (χ2n) is 6.07. The first-order valence-corrected chi connectivity index (χ1v) is 9.70. The number of benzene rings is 1. The monoisotopic (exact) mass is 406 g/mol. The molecule has 2 rings (SSSR count). The van der Waals surface area contributed by atoms with Crippen LogP contribution in [-0.2, 0) is 19.6 Å². The molecule has 1 saturated heterocycles. The quantitative estimate of drug-likeness (QED) is 0.627. The molecule has 0 spiro atoms. The molecule has 10 heteroatoms. The molecule has 0 saturated carbocycles. The second-order valence-corrected chi connectivity index (χ2v) is 8.23. The van der Waals surface area contributed by atoms with Crippen LogP contribution in [0.25, 0.3) is 0 Å². The van der Waals surface area contributed by atoms with E-state index in [4.69, 9.17) is 10.5 Å². The minimum Gasteiger partial charge on any atom is -0.384 e. The van der Waals surface area contributed by atoms with Gasteiger partial charge in [-0.25, -0.2) is 12.7 Å². The van der Waals surface area contributed by atoms with Gasteiger partial charge >= 0.3 is 0 Å². The summed E-state index contributed by atoms with van der Waals surface area (Å²) in [6.07, 6.45) is 0.658. The topological polar surface area (TPSA) is 114 Å². The Labute approximate surface area is 160 Å². The number of hydrogen-bond donors (Lipinski definition) is 3. The summed E-state index contributed by atoms with van der Waals surface area (Å²) in [5, 5.41) is 5.90. The lowest BCUT2D eigenvalue weighted by Gasteiger charge is -2.18. The highest BCUT2D eigenvalue weighted by molar-refractivity contribution is 7.89. The molecule has 0 radical (unpaired) electrons. The SMILES string of the molecule is CCNc1ccc(S(=O)(=O)N(C)C)cc1NC(=O)[C@@H]1CC[C@H](CN)O1.Cl. The molecule has 1 aliphatic rings. The van der Waals surface area contributed by atoms with Crippen LogP contribution in [0.5, 0.6) is 0 Å². The standard InChI is InChI=1S/C16H26N4O4S.ClH/c1-4-18-13-7-6-12(25(22,23)20(2)3)9-14(13)19-16(21)15-8-5-11(10-17)24-15;/h6-7,9,11,15,18H,4-5,8,10,17H2,1-3H3,(H,19,21);1H/t11-,15+;/m1./s1. The first-order valence-electron chi connectivity index (χ1n) is 8.26. The molecule has 0 bridgehead atoms. The summed E-state index contributed by atoms with van der Waals surface area (Å²) in [5.41, 5.74) is 6.64. The van der Waals surface area contributed by atoms with Gasteiger partial charge in [0.1, 0.15) is 6.10 Å². The van der Waals surface area contributed by atoms with E-state index in [1.54, 1.807) is 6.07 Å². The molecule has 2 atom stereocenters. The fourth-order valence-electron chi connectivity index (χ4n) is 2.63. The first-order chi connectivity index (χ1) is 11.8. The van der Waals surface area contributed by atoms with Crippen molar-refractivity contribution in [3.05, 3.63) is 18.2 Å². The summed E-state index contributed by atoms with van der Waals surface area (Å²) in [6.45, 7) is 2.93. The lowest BCUT2D eigenvalue weighted by molar-refractivity contribution is -0.126. The van der Waals surface area contributed by atoms with Crippen LogP contribution in [0, 0.1) is 0 Å². The Balaban J connectivity index is 0.00000338. The number of halogens is 1. The summed E-state index contributed by atoms with van der Waals surface area (Å²) in [6, 6.07) is 4.62. The number of carbonyl (C=O) groups is 1. The van der Waals surface area contributed by atoms with E-state index in [1.165, 1.54) is 26.2 Å². The van der Waals surface area contributed by atoms with Crippen molar-refractivity contribution in [1.29, 1.82) is 0 Å². The van der Waals surface area contributed by atoms with Gasteiger partial charge in [-0.15, -0.1) is 12.4 Å². The first kappa shape index (κ1) is 22.7. The van der Waals surface area contributed by atoms with E-state index < -0.39 is 16.1 Å². The highest BCUT2D eigenvalue weighted by Crippen LogP contribution is 2.28. The minimum atomic E-state index is -3.59. The minimum absolute atomic E-state index is 0. The zero-order valence-corrected chi connectivity index (χ0v) is 16.8. The van der Waals surface area contributed by atoms with Crippen LogP contribution in [0.15, 0.2) is 23.1 Å². The van der Waals surface area contributed by atoms with E-state index in [1.807, 2.05) is 6.92 Å². The van der Waals surface area contributed by atoms with Crippen LogP contribution in [-0.4, -0.2) is 58.0 Å². The zero-order valence-electron chi connectivity index (χ0n) is 15.2. The molecule has 1 aromatic carbocycles. The summed E-state index contributed by atoms with van der Waals surface area (Å²) < 4.78 is 31.4. The molecule has 1 heterocycles. The van der Waals surface area contributed by atoms with Gasteiger partial charge < -0.3 is 21.1 Å². The zero-order chi connectivity index (χ0) is 18.6. The average Bonchev–Trinajstić information content (AvgIpc) is 3.05. The van der Waals surface area contributed by atoms with Crippen molar-refractivity contribution in [2.24, 2.45) is 5.73 Å². The number of carbonyl (C=O) groups excluding carboxylic acids is 1. The van der Waals surface area contributed by atoms with E-state index in [9.17, 15) is 13.2 Å². The highest BCUT2D eigenvalue weighted by Gasteiger charge is 2.30. The molecule has 0 aliphatic carbocycles. The number of rotatable bonds is 7. The van der Waals surface area contributed by atoms with Crippen molar-refractivity contribution >= 4 is 39.7 Å². The Kier molecular flexibility index (Phi) is 8.29. The van der Waals surface area contributed by atoms with Crippen LogP contribution in [0.3, 0.4) is 0 Å². The third kappa shape index (κ3) is 5.08. The van der Waals surface area contributed by atoms with Gasteiger partial charge in [-0.3, -0.25) is 4.79 Å². The van der Waals surface area contributed by atoms with Crippen LogP contribution < -0.4 is 16.4 Å². The van der Waals surface area contributed by atoms with Crippen molar-refractivity contribution in [2.45, 2.75) is 36.9 Å². The molecule has 1 aliphatic heterocycles. The van der Waals surface area contributed by atoms with Gasteiger partial charge in [-0.2, -0.15) is 0 Å². The van der Waals surface area contributed by atoms with Crippen LogP contribution in [0.2, 0.25) is 0 Å². The summed E-state index contributed by atoms with van der Waals surface area (Å²) in [4.78, 5) is 12.6. The molecule has 26 heavy (non-hydrogen) atoms. The molecule has 4 N–H and O–H groups in total.